The number of allylic oxidation sites excluding steroid dienone is 2. The quantitative estimate of drug-likeness (QED) is 0.842. The van der Waals surface area contributed by atoms with Crippen LogP contribution in [0.15, 0.2) is 42.6 Å². The van der Waals surface area contributed by atoms with Crippen LogP contribution in [-0.4, -0.2) is 11.5 Å². The lowest BCUT2D eigenvalue weighted by Crippen LogP contribution is -2.18. The molecule has 3 atom stereocenters. The second kappa shape index (κ2) is 4.62. The molecule has 1 aromatic carbocycles. The molecule has 0 radical (unpaired) electrons. The molecule has 3 unspecified atom stereocenters. The minimum Gasteiger partial charge on any atom is -0.384 e. The monoisotopic (exact) mass is 264 g/mol. The van der Waals surface area contributed by atoms with E-state index in [2.05, 4.69) is 47.6 Å². The average Bonchev–Trinajstić information content (AvgIpc) is 3.09. The zero-order chi connectivity index (χ0) is 13.5. The molecule has 102 valence electrons. The highest BCUT2D eigenvalue weighted by molar-refractivity contribution is 5.93. The Morgan fingerprint density at radius 3 is 2.95 bits per heavy atom. The van der Waals surface area contributed by atoms with E-state index in [4.69, 9.17) is 0 Å². The Kier molecular flexibility index (Phi) is 2.76. The molecule has 4 rings (SSSR count). The molecular weight excluding hydrogens is 244 g/mol. The third kappa shape index (κ3) is 1.91. The van der Waals surface area contributed by atoms with Crippen LogP contribution in [0.4, 0.5) is 5.69 Å². The number of nitrogens with zero attached hydrogens (tertiary/aromatic N) is 1. The van der Waals surface area contributed by atoms with Gasteiger partial charge in [-0.2, -0.15) is 0 Å². The van der Waals surface area contributed by atoms with Crippen molar-refractivity contribution in [1.29, 1.82) is 0 Å². The van der Waals surface area contributed by atoms with Crippen molar-refractivity contribution in [2.24, 2.45) is 17.8 Å². The van der Waals surface area contributed by atoms with Gasteiger partial charge in [-0.15, -0.1) is 0 Å². The van der Waals surface area contributed by atoms with Crippen molar-refractivity contribution in [2.75, 3.05) is 11.9 Å². The highest BCUT2D eigenvalue weighted by atomic mass is 14.9. The third-order valence-electron chi connectivity index (χ3n) is 4.94. The van der Waals surface area contributed by atoms with Gasteiger partial charge in [0.05, 0.1) is 5.52 Å². The second-order valence-electron chi connectivity index (χ2n) is 6.25. The van der Waals surface area contributed by atoms with Crippen molar-refractivity contribution in [2.45, 2.75) is 19.8 Å². The van der Waals surface area contributed by atoms with Gasteiger partial charge in [0.2, 0.25) is 0 Å². The number of benzene rings is 1. The van der Waals surface area contributed by atoms with Crippen LogP contribution in [-0.2, 0) is 0 Å². The summed E-state index contributed by atoms with van der Waals surface area (Å²) in [5, 5.41) is 4.91. The van der Waals surface area contributed by atoms with Crippen molar-refractivity contribution in [3.8, 4) is 0 Å². The topological polar surface area (TPSA) is 24.9 Å². The van der Waals surface area contributed by atoms with Crippen LogP contribution in [0.5, 0.6) is 0 Å². The molecule has 2 aliphatic carbocycles. The predicted molar refractivity (Wildman–Crippen MR) is 83.8 cm³/mol. The number of hydrogen-bond donors (Lipinski definition) is 1. The highest BCUT2D eigenvalue weighted by Crippen LogP contribution is 2.43. The molecule has 2 bridgehead atoms. The number of fused-ring (bicyclic) bond motifs is 3. The lowest BCUT2D eigenvalue weighted by Gasteiger charge is -2.20. The van der Waals surface area contributed by atoms with E-state index in [9.17, 15) is 0 Å². The minimum absolute atomic E-state index is 0.804. The molecule has 0 saturated heterocycles. The van der Waals surface area contributed by atoms with Crippen molar-refractivity contribution in [3.63, 3.8) is 0 Å². The van der Waals surface area contributed by atoms with Crippen LogP contribution in [0, 0.1) is 24.7 Å². The zero-order valence-corrected chi connectivity index (χ0v) is 11.8. The molecule has 2 heteroatoms. The Bertz CT molecular complexity index is 674. The summed E-state index contributed by atoms with van der Waals surface area (Å²) < 4.78 is 0. The van der Waals surface area contributed by atoms with E-state index in [-0.39, 0.29) is 0 Å². The van der Waals surface area contributed by atoms with E-state index >= 15 is 0 Å². The predicted octanol–water partition coefficient (Wildman–Crippen LogP) is 4.17. The van der Waals surface area contributed by atoms with Gasteiger partial charge in [0.15, 0.2) is 0 Å². The Morgan fingerprint density at radius 1 is 1.20 bits per heavy atom. The molecule has 0 aliphatic heterocycles. The summed E-state index contributed by atoms with van der Waals surface area (Å²) in [7, 11) is 0. The van der Waals surface area contributed by atoms with E-state index in [1.54, 1.807) is 0 Å². The molecule has 20 heavy (non-hydrogen) atoms. The molecule has 1 heterocycles. The van der Waals surface area contributed by atoms with E-state index in [1.807, 2.05) is 12.3 Å². The first kappa shape index (κ1) is 12.0. The first-order valence-electron chi connectivity index (χ1n) is 7.58. The summed E-state index contributed by atoms with van der Waals surface area (Å²) in [6.45, 7) is 3.21. The van der Waals surface area contributed by atoms with E-state index in [0.717, 1.165) is 29.8 Å². The maximum absolute atomic E-state index is 4.51. The van der Waals surface area contributed by atoms with Crippen molar-refractivity contribution in [1.82, 2.24) is 4.98 Å². The van der Waals surface area contributed by atoms with Gasteiger partial charge in [0.1, 0.15) is 0 Å². The van der Waals surface area contributed by atoms with Crippen LogP contribution in [0.3, 0.4) is 0 Å². The summed E-state index contributed by atoms with van der Waals surface area (Å²) in [6, 6.07) is 8.55. The van der Waals surface area contributed by atoms with Gasteiger partial charge >= 0.3 is 0 Å². The summed E-state index contributed by atoms with van der Waals surface area (Å²) >= 11 is 0. The fourth-order valence-corrected chi connectivity index (χ4v) is 3.84. The van der Waals surface area contributed by atoms with Crippen molar-refractivity contribution >= 4 is 16.6 Å². The molecular formula is C18H20N2. The van der Waals surface area contributed by atoms with E-state index in [0.29, 0.717) is 0 Å². The first-order chi connectivity index (χ1) is 9.81. The van der Waals surface area contributed by atoms with Gasteiger partial charge in [-0.1, -0.05) is 18.2 Å². The lowest BCUT2D eigenvalue weighted by atomic mass is 9.93. The van der Waals surface area contributed by atoms with Gasteiger partial charge in [0, 0.05) is 23.8 Å². The molecule has 1 N–H and O–H groups in total. The minimum atomic E-state index is 0.804. The molecule has 1 fully saturated rings. The standard InChI is InChI=1S/C18H20N2/c1-12-4-7-17(16-3-2-8-19-18(12)16)20-11-15-10-13-5-6-14(15)9-13/h2-8,13-15,20H,9-11H2,1H3. The van der Waals surface area contributed by atoms with Gasteiger partial charge in [-0.05, 0) is 61.3 Å². The Hall–Kier alpha value is -1.83. The van der Waals surface area contributed by atoms with Gasteiger partial charge in [0.25, 0.3) is 0 Å². The van der Waals surface area contributed by atoms with Crippen LogP contribution < -0.4 is 5.32 Å². The molecule has 0 spiro atoms. The number of hydrogen-bond acceptors (Lipinski definition) is 2. The van der Waals surface area contributed by atoms with E-state index < -0.39 is 0 Å². The molecule has 1 aromatic heterocycles. The van der Waals surface area contributed by atoms with Crippen molar-refractivity contribution in [3.05, 3.63) is 48.2 Å². The van der Waals surface area contributed by atoms with Crippen LogP contribution in [0.25, 0.3) is 10.9 Å². The fraction of sp³-hybridized carbons (Fsp3) is 0.389. The molecule has 0 amide bonds. The largest absolute Gasteiger partial charge is 0.384 e. The zero-order valence-electron chi connectivity index (χ0n) is 11.8. The van der Waals surface area contributed by atoms with Crippen molar-refractivity contribution < 1.29 is 0 Å². The van der Waals surface area contributed by atoms with Gasteiger partial charge in [-0.25, -0.2) is 0 Å². The summed E-state index contributed by atoms with van der Waals surface area (Å²) in [6.07, 6.45) is 9.44. The van der Waals surface area contributed by atoms with Crippen LogP contribution in [0.2, 0.25) is 0 Å². The number of anilines is 1. The SMILES string of the molecule is Cc1ccc(NCC2CC3C=CC2C3)c2cccnc12. The highest BCUT2D eigenvalue weighted by Gasteiger charge is 2.35. The van der Waals surface area contributed by atoms with E-state index in [1.165, 1.54) is 29.5 Å². The smallest absolute Gasteiger partial charge is 0.0751 e. The van der Waals surface area contributed by atoms with Gasteiger partial charge in [-0.3, -0.25) is 4.98 Å². The Labute approximate surface area is 119 Å². The number of pyridine rings is 1. The normalized spacial score (nSPS) is 27.4. The third-order valence-corrected chi connectivity index (χ3v) is 4.94. The number of nitrogens with one attached hydrogen (secondary N) is 1. The van der Waals surface area contributed by atoms with Crippen LogP contribution in [0.1, 0.15) is 18.4 Å². The van der Waals surface area contributed by atoms with Crippen LogP contribution >= 0.6 is 0 Å². The maximum Gasteiger partial charge on any atom is 0.0751 e. The Morgan fingerprint density at radius 2 is 2.15 bits per heavy atom. The fourth-order valence-electron chi connectivity index (χ4n) is 3.84. The summed E-state index contributed by atoms with van der Waals surface area (Å²) in [5.41, 5.74) is 3.59. The number of aryl methyl sites for hydroxylation is 1. The lowest BCUT2D eigenvalue weighted by molar-refractivity contribution is 0.472. The van der Waals surface area contributed by atoms with Gasteiger partial charge < -0.3 is 5.32 Å². The number of aromatic nitrogens is 1. The first-order valence-corrected chi connectivity index (χ1v) is 7.58. The molecule has 2 aliphatic rings. The number of rotatable bonds is 3. The summed E-state index contributed by atoms with van der Waals surface area (Å²) in [4.78, 5) is 4.51. The second-order valence-corrected chi connectivity index (χ2v) is 6.25. The molecule has 2 aromatic rings. The average molecular weight is 264 g/mol. The molecule has 2 nitrogen and oxygen atoms in total. The Balaban J connectivity index is 1.57. The summed E-state index contributed by atoms with van der Waals surface area (Å²) in [5.74, 6) is 2.46. The maximum atomic E-state index is 4.51. The molecule has 1 saturated carbocycles.